The fourth-order valence-electron chi connectivity index (χ4n) is 2.88. The molecule has 2 aromatic carbocycles. The highest BCUT2D eigenvalue weighted by Gasteiger charge is 2.17. The number of amides is 2. The van der Waals surface area contributed by atoms with Crippen molar-refractivity contribution >= 4 is 45.0 Å². The first kappa shape index (κ1) is 20.3. The summed E-state index contributed by atoms with van der Waals surface area (Å²) in [6, 6.07) is 13.3. The number of anilines is 1. The monoisotopic (exact) mass is 490 g/mol. The molecule has 0 fully saturated rings. The van der Waals surface area contributed by atoms with E-state index in [9.17, 15) is 9.59 Å². The summed E-state index contributed by atoms with van der Waals surface area (Å²) in [5, 5.41) is 5.99. The molecule has 7 nitrogen and oxygen atoms in total. The number of carbonyl (C=O) groups excluding carboxylic acids is 2. The smallest absolute Gasteiger partial charge is 0.291 e. The van der Waals surface area contributed by atoms with Gasteiger partial charge in [-0.3, -0.25) is 9.59 Å². The third-order valence-electron chi connectivity index (χ3n) is 4.31. The summed E-state index contributed by atoms with van der Waals surface area (Å²) in [7, 11) is 0. The number of ether oxygens (including phenoxy) is 2. The molecule has 1 aliphatic rings. The highest BCUT2D eigenvalue weighted by Crippen LogP contribution is 2.38. The standard InChI is InChI=1S/C21H16BrClN2O5/c22-18-6-5-16(30-18)21(27)25-14-3-1-13(2-4-14)20(26)24-11-12-9-15(23)19-17(10-12)28-7-8-29-19/h1-6,9-10H,7-8,11H2,(H,24,26)(H,25,27). The molecule has 3 aromatic rings. The van der Waals surface area contributed by atoms with Gasteiger partial charge < -0.3 is 24.5 Å². The number of hydrogen-bond acceptors (Lipinski definition) is 5. The molecule has 0 unspecified atom stereocenters. The molecule has 0 radical (unpaired) electrons. The van der Waals surface area contributed by atoms with Crippen molar-refractivity contribution in [3.05, 3.63) is 75.1 Å². The average molecular weight is 492 g/mol. The molecule has 1 aliphatic heterocycles. The molecule has 154 valence electrons. The Labute approximate surface area is 185 Å². The van der Waals surface area contributed by atoms with Gasteiger partial charge in [0.15, 0.2) is 21.9 Å². The molecule has 30 heavy (non-hydrogen) atoms. The summed E-state index contributed by atoms with van der Waals surface area (Å²) in [5.41, 5.74) is 1.80. The molecule has 0 saturated carbocycles. The van der Waals surface area contributed by atoms with E-state index in [1.165, 1.54) is 0 Å². The minimum absolute atomic E-state index is 0.182. The van der Waals surface area contributed by atoms with Gasteiger partial charge in [-0.15, -0.1) is 0 Å². The number of carbonyl (C=O) groups is 2. The molecule has 9 heteroatoms. The maximum atomic E-state index is 12.4. The summed E-state index contributed by atoms with van der Waals surface area (Å²) in [4.78, 5) is 24.5. The van der Waals surface area contributed by atoms with Crippen molar-refractivity contribution in [3.63, 3.8) is 0 Å². The Bertz CT molecular complexity index is 1100. The minimum atomic E-state index is -0.381. The number of furan rings is 1. The zero-order valence-electron chi connectivity index (χ0n) is 15.5. The van der Waals surface area contributed by atoms with Gasteiger partial charge >= 0.3 is 0 Å². The predicted octanol–water partition coefficient (Wildman–Crippen LogP) is 4.65. The van der Waals surface area contributed by atoms with Crippen molar-refractivity contribution in [3.8, 4) is 11.5 Å². The Hall–Kier alpha value is -2.97. The van der Waals surface area contributed by atoms with Gasteiger partial charge in [0.25, 0.3) is 11.8 Å². The molecule has 0 atom stereocenters. The maximum Gasteiger partial charge on any atom is 0.291 e. The first-order chi connectivity index (χ1) is 14.5. The number of fused-ring (bicyclic) bond motifs is 1. The van der Waals surface area contributed by atoms with Crippen molar-refractivity contribution in [2.24, 2.45) is 0 Å². The second-order valence-electron chi connectivity index (χ2n) is 6.42. The quantitative estimate of drug-likeness (QED) is 0.542. The maximum absolute atomic E-state index is 12.4. The fraction of sp³-hybridized carbons (Fsp3) is 0.143. The lowest BCUT2D eigenvalue weighted by Crippen LogP contribution is -2.23. The summed E-state index contributed by atoms with van der Waals surface area (Å²) < 4.78 is 16.7. The normalized spacial score (nSPS) is 12.3. The van der Waals surface area contributed by atoms with E-state index < -0.39 is 0 Å². The van der Waals surface area contributed by atoms with Crippen molar-refractivity contribution in [2.75, 3.05) is 18.5 Å². The van der Waals surface area contributed by atoms with Gasteiger partial charge in [-0.2, -0.15) is 0 Å². The van der Waals surface area contributed by atoms with E-state index in [1.54, 1.807) is 48.5 Å². The van der Waals surface area contributed by atoms with Gasteiger partial charge in [-0.25, -0.2) is 0 Å². The Morgan fingerprint density at radius 3 is 2.50 bits per heavy atom. The van der Waals surface area contributed by atoms with E-state index in [1.807, 2.05) is 0 Å². The van der Waals surface area contributed by atoms with Crippen LogP contribution in [0.4, 0.5) is 5.69 Å². The number of hydrogen-bond donors (Lipinski definition) is 2. The summed E-state index contributed by atoms with van der Waals surface area (Å²) in [6.07, 6.45) is 0. The fourth-order valence-corrected chi connectivity index (χ4v) is 3.48. The van der Waals surface area contributed by atoms with Crippen molar-refractivity contribution in [1.29, 1.82) is 0 Å². The molecule has 2 N–H and O–H groups in total. The van der Waals surface area contributed by atoms with Gasteiger partial charge in [-0.1, -0.05) is 11.6 Å². The molecule has 0 spiro atoms. The molecule has 4 rings (SSSR count). The summed E-state index contributed by atoms with van der Waals surface area (Å²) in [5.74, 6) is 0.642. The van der Waals surface area contributed by atoms with Crippen LogP contribution >= 0.6 is 27.5 Å². The van der Waals surface area contributed by atoms with Crippen LogP contribution in [0, 0.1) is 0 Å². The SMILES string of the molecule is O=C(NCc1cc(Cl)c2c(c1)OCCO2)c1ccc(NC(=O)c2ccc(Br)o2)cc1. The van der Waals surface area contributed by atoms with Crippen LogP contribution in [-0.4, -0.2) is 25.0 Å². The Kier molecular flexibility index (Phi) is 5.96. The van der Waals surface area contributed by atoms with Crippen LogP contribution in [0.15, 0.2) is 57.6 Å². The Morgan fingerprint density at radius 2 is 1.77 bits per heavy atom. The lowest BCUT2D eigenvalue weighted by atomic mass is 10.1. The Morgan fingerprint density at radius 1 is 1.00 bits per heavy atom. The molecule has 0 saturated heterocycles. The third-order valence-corrected chi connectivity index (χ3v) is 5.02. The lowest BCUT2D eigenvalue weighted by Gasteiger charge is -2.20. The summed E-state index contributed by atoms with van der Waals surface area (Å²) >= 11 is 9.38. The van der Waals surface area contributed by atoms with Crippen LogP contribution in [0.3, 0.4) is 0 Å². The van der Waals surface area contributed by atoms with E-state index in [0.717, 1.165) is 5.56 Å². The molecule has 0 bridgehead atoms. The molecule has 1 aromatic heterocycles. The minimum Gasteiger partial charge on any atom is -0.486 e. The molecular weight excluding hydrogens is 476 g/mol. The Balaban J connectivity index is 1.36. The van der Waals surface area contributed by atoms with Crippen LogP contribution in [0.25, 0.3) is 0 Å². The van der Waals surface area contributed by atoms with Gasteiger partial charge in [0, 0.05) is 17.8 Å². The van der Waals surface area contributed by atoms with Gasteiger partial charge in [0.1, 0.15) is 13.2 Å². The zero-order valence-corrected chi connectivity index (χ0v) is 17.9. The summed E-state index contributed by atoms with van der Waals surface area (Å²) in [6.45, 7) is 1.19. The molecule has 2 heterocycles. The second-order valence-corrected chi connectivity index (χ2v) is 7.61. The predicted molar refractivity (Wildman–Crippen MR) is 114 cm³/mol. The van der Waals surface area contributed by atoms with Crippen LogP contribution in [0.1, 0.15) is 26.5 Å². The highest BCUT2D eigenvalue weighted by atomic mass is 79.9. The third kappa shape index (κ3) is 4.60. The largest absolute Gasteiger partial charge is 0.486 e. The zero-order chi connectivity index (χ0) is 21.1. The van der Waals surface area contributed by atoms with E-state index >= 15 is 0 Å². The van der Waals surface area contributed by atoms with Crippen LogP contribution in [-0.2, 0) is 6.54 Å². The van der Waals surface area contributed by atoms with Gasteiger partial charge in [-0.05, 0) is 70.0 Å². The van der Waals surface area contributed by atoms with Crippen molar-refractivity contribution < 1.29 is 23.5 Å². The van der Waals surface area contributed by atoms with E-state index in [-0.39, 0.29) is 24.1 Å². The lowest BCUT2D eigenvalue weighted by molar-refractivity contribution is 0.0950. The topological polar surface area (TPSA) is 89.8 Å². The van der Waals surface area contributed by atoms with E-state index in [2.05, 4.69) is 26.6 Å². The van der Waals surface area contributed by atoms with Gasteiger partial charge in [0.05, 0.1) is 5.02 Å². The van der Waals surface area contributed by atoms with E-state index in [0.29, 0.717) is 45.7 Å². The first-order valence-electron chi connectivity index (χ1n) is 9.02. The first-order valence-corrected chi connectivity index (χ1v) is 10.2. The van der Waals surface area contributed by atoms with Crippen molar-refractivity contribution in [1.82, 2.24) is 5.32 Å². The average Bonchev–Trinajstić information content (AvgIpc) is 3.19. The number of nitrogens with one attached hydrogen (secondary N) is 2. The van der Waals surface area contributed by atoms with Crippen molar-refractivity contribution in [2.45, 2.75) is 6.54 Å². The number of benzene rings is 2. The molecule has 0 aliphatic carbocycles. The number of rotatable bonds is 5. The van der Waals surface area contributed by atoms with Crippen LogP contribution in [0.5, 0.6) is 11.5 Å². The van der Waals surface area contributed by atoms with E-state index in [4.69, 9.17) is 25.5 Å². The van der Waals surface area contributed by atoms with Gasteiger partial charge in [0.2, 0.25) is 0 Å². The molecule has 2 amide bonds. The van der Waals surface area contributed by atoms with Crippen LogP contribution < -0.4 is 20.1 Å². The van der Waals surface area contributed by atoms with Crippen LogP contribution in [0.2, 0.25) is 5.02 Å². The highest BCUT2D eigenvalue weighted by molar-refractivity contribution is 9.10. The molecular formula is C21H16BrClN2O5. The number of halogens is 2. The second kappa shape index (κ2) is 8.81.